The van der Waals surface area contributed by atoms with Crippen molar-refractivity contribution in [2.75, 3.05) is 0 Å². The van der Waals surface area contributed by atoms with Gasteiger partial charge >= 0.3 is 11.1 Å². The van der Waals surface area contributed by atoms with E-state index in [1.54, 1.807) is 11.3 Å². The van der Waals surface area contributed by atoms with Crippen molar-refractivity contribution in [3.63, 3.8) is 0 Å². The topological polar surface area (TPSA) is 62.1 Å². The maximum atomic E-state index is 4.26. The predicted octanol–water partition coefficient (Wildman–Crippen LogP) is 3.57. The molecule has 0 N–H and O–H groups in total. The second-order valence-corrected chi connectivity index (χ2v) is 5.91. The Bertz CT molecular complexity index is 839. The minimum atomic E-state index is 0.770. The molecule has 1 aromatic carbocycles. The van der Waals surface area contributed by atoms with Crippen LogP contribution in [0.1, 0.15) is 0 Å². The Morgan fingerprint density at radius 3 is 2.04 bits per heavy atom. The highest BCUT2D eigenvalue weighted by atomic mass is 32.1. The van der Waals surface area contributed by atoms with E-state index in [4.69, 9.17) is 0 Å². The van der Waals surface area contributed by atoms with Crippen LogP contribution >= 0.6 is 11.3 Å². The van der Waals surface area contributed by atoms with Gasteiger partial charge in [0.1, 0.15) is 17.6 Å². The molecule has 0 saturated heterocycles. The van der Waals surface area contributed by atoms with Gasteiger partial charge in [0.05, 0.1) is 38.7 Å². The quantitative estimate of drug-likeness (QED) is 0.519. The number of azo groups is 2. The van der Waals surface area contributed by atoms with E-state index in [0.29, 0.717) is 0 Å². The summed E-state index contributed by atoms with van der Waals surface area (Å²) in [6.07, 6.45) is 5.82. The van der Waals surface area contributed by atoms with Crippen molar-refractivity contribution in [3.05, 3.63) is 48.2 Å². The van der Waals surface area contributed by atoms with Crippen molar-refractivity contribution < 1.29 is 9.13 Å². The van der Waals surface area contributed by atoms with Gasteiger partial charge in [-0.1, -0.05) is 5.11 Å². The molecule has 3 rings (SSSR count). The first-order chi connectivity index (χ1) is 11.1. The Labute approximate surface area is 137 Å². The van der Waals surface area contributed by atoms with Gasteiger partial charge in [-0.3, -0.25) is 0 Å². The third-order valence-corrected chi connectivity index (χ3v) is 4.10. The molecule has 0 saturated carbocycles. The van der Waals surface area contributed by atoms with Gasteiger partial charge in [0.25, 0.3) is 0 Å². The summed E-state index contributed by atoms with van der Waals surface area (Å²) in [5, 5.41) is 19.8. The van der Waals surface area contributed by atoms with Gasteiger partial charge in [-0.15, -0.1) is 0 Å². The summed E-state index contributed by atoms with van der Waals surface area (Å²) in [6.45, 7) is 0. The van der Waals surface area contributed by atoms with Crippen molar-refractivity contribution in [3.8, 4) is 0 Å². The van der Waals surface area contributed by atoms with E-state index in [9.17, 15) is 0 Å². The van der Waals surface area contributed by atoms with Crippen LogP contribution in [0.4, 0.5) is 22.5 Å². The molecule has 0 atom stereocenters. The van der Waals surface area contributed by atoms with Gasteiger partial charge < -0.3 is 0 Å². The minimum absolute atomic E-state index is 0.770. The number of aryl methyl sites for hydroxylation is 3. The maximum Gasteiger partial charge on any atom is 0.421 e. The minimum Gasteiger partial charge on any atom is -0.233 e. The molecule has 0 fully saturated rings. The second kappa shape index (κ2) is 6.57. The molecule has 0 bridgehead atoms. The number of hydrogen-bond donors (Lipinski definition) is 0. The standard InChI is InChI=1S/C15H17N7S/c1-20-8-9-21(2)14(20)18-16-12-4-6-13(7-5-12)17-19-15-22(3)10-11-23-15/h4-11H,1-3H3/q+2. The smallest absolute Gasteiger partial charge is 0.233 e. The van der Waals surface area contributed by atoms with E-state index in [0.717, 1.165) is 22.5 Å². The zero-order valence-corrected chi connectivity index (χ0v) is 14.0. The van der Waals surface area contributed by atoms with Crippen LogP contribution in [0, 0.1) is 0 Å². The number of benzene rings is 1. The van der Waals surface area contributed by atoms with Crippen LogP contribution in [0.15, 0.2) is 68.7 Å². The lowest BCUT2D eigenvalue weighted by atomic mass is 10.3. The SMILES string of the molecule is Cn1cc[n+](C)c1N=Nc1ccc(N=Nc2scc[n+]2C)cc1. The fraction of sp³-hybridized carbons (Fsp3) is 0.200. The van der Waals surface area contributed by atoms with Crippen LogP contribution < -0.4 is 9.13 Å². The van der Waals surface area contributed by atoms with Gasteiger partial charge in [0, 0.05) is 10.5 Å². The number of thiazole rings is 1. The highest BCUT2D eigenvalue weighted by Gasteiger charge is 2.10. The monoisotopic (exact) mass is 327 g/mol. The van der Waals surface area contributed by atoms with Gasteiger partial charge in [-0.2, -0.15) is 0 Å². The van der Waals surface area contributed by atoms with E-state index in [-0.39, 0.29) is 0 Å². The first-order valence-corrected chi connectivity index (χ1v) is 7.89. The van der Waals surface area contributed by atoms with Crippen LogP contribution in [0.3, 0.4) is 0 Å². The molecule has 0 radical (unpaired) electrons. The summed E-state index contributed by atoms with van der Waals surface area (Å²) in [7, 11) is 5.81. The summed E-state index contributed by atoms with van der Waals surface area (Å²) >= 11 is 1.55. The molecular formula is C15H17N7S+2. The third-order valence-electron chi connectivity index (χ3n) is 3.26. The lowest BCUT2D eigenvalue weighted by Crippen LogP contribution is -2.25. The Balaban J connectivity index is 1.72. The molecule has 7 nitrogen and oxygen atoms in total. The number of aromatic nitrogens is 3. The molecule has 0 aliphatic heterocycles. The van der Waals surface area contributed by atoms with Crippen LogP contribution in [0.2, 0.25) is 0 Å². The first kappa shape index (κ1) is 15.2. The van der Waals surface area contributed by atoms with Crippen molar-refractivity contribution in [1.82, 2.24) is 4.57 Å². The molecule has 0 unspecified atom stereocenters. The van der Waals surface area contributed by atoms with Crippen LogP contribution in [-0.2, 0) is 21.1 Å². The Kier molecular flexibility index (Phi) is 4.33. The molecule has 0 aliphatic carbocycles. The molecule has 23 heavy (non-hydrogen) atoms. The van der Waals surface area contributed by atoms with E-state index >= 15 is 0 Å². The highest BCUT2D eigenvalue weighted by Crippen LogP contribution is 2.22. The van der Waals surface area contributed by atoms with Crippen molar-refractivity contribution >= 4 is 33.8 Å². The second-order valence-electron chi connectivity index (χ2n) is 5.03. The Morgan fingerprint density at radius 1 is 0.870 bits per heavy atom. The maximum absolute atomic E-state index is 4.26. The van der Waals surface area contributed by atoms with E-state index in [1.165, 1.54) is 0 Å². The molecule has 3 aromatic rings. The number of hydrogen-bond acceptors (Lipinski definition) is 5. The molecule has 116 valence electrons. The Morgan fingerprint density at radius 2 is 1.52 bits per heavy atom. The Hall–Kier alpha value is -2.74. The molecule has 2 heterocycles. The number of rotatable bonds is 4. The number of imidazole rings is 1. The van der Waals surface area contributed by atoms with E-state index in [2.05, 4.69) is 20.5 Å². The largest absolute Gasteiger partial charge is 0.421 e. The summed E-state index contributed by atoms with van der Waals surface area (Å²) in [5.41, 5.74) is 1.55. The predicted molar refractivity (Wildman–Crippen MR) is 86.9 cm³/mol. The summed E-state index contributed by atoms with van der Waals surface area (Å²) in [4.78, 5) is 0. The lowest BCUT2D eigenvalue weighted by Gasteiger charge is -1.91. The molecule has 2 aromatic heterocycles. The summed E-state index contributed by atoms with van der Waals surface area (Å²) < 4.78 is 5.75. The average molecular weight is 327 g/mol. The third kappa shape index (κ3) is 3.54. The normalized spacial score (nSPS) is 11.8. The fourth-order valence-electron chi connectivity index (χ4n) is 1.94. The zero-order valence-electron chi connectivity index (χ0n) is 13.2. The first-order valence-electron chi connectivity index (χ1n) is 7.01. The van der Waals surface area contributed by atoms with Gasteiger partial charge in [-0.05, 0) is 40.7 Å². The van der Waals surface area contributed by atoms with E-state index in [1.807, 2.05) is 83.1 Å². The molecule has 8 heteroatoms. The van der Waals surface area contributed by atoms with Crippen molar-refractivity contribution in [1.29, 1.82) is 0 Å². The zero-order chi connectivity index (χ0) is 16.2. The van der Waals surface area contributed by atoms with Gasteiger partial charge in [-0.25, -0.2) is 13.7 Å². The van der Waals surface area contributed by atoms with Crippen molar-refractivity contribution in [2.45, 2.75) is 0 Å². The lowest BCUT2D eigenvalue weighted by molar-refractivity contribution is -0.657. The highest BCUT2D eigenvalue weighted by molar-refractivity contribution is 7.12. The van der Waals surface area contributed by atoms with Crippen LogP contribution in [0.25, 0.3) is 0 Å². The summed E-state index contributed by atoms with van der Waals surface area (Å²) in [6, 6.07) is 7.48. The molecule has 0 amide bonds. The molecular weight excluding hydrogens is 310 g/mol. The number of nitrogens with zero attached hydrogens (tertiary/aromatic N) is 7. The van der Waals surface area contributed by atoms with E-state index < -0.39 is 0 Å². The van der Waals surface area contributed by atoms with Gasteiger partial charge in [0.15, 0.2) is 0 Å². The van der Waals surface area contributed by atoms with Crippen LogP contribution in [0.5, 0.6) is 0 Å². The summed E-state index contributed by atoms with van der Waals surface area (Å²) in [5.74, 6) is 0.777. The average Bonchev–Trinajstić information content (AvgIpc) is 3.10. The molecule has 0 aliphatic rings. The van der Waals surface area contributed by atoms with Gasteiger partial charge in [0.2, 0.25) is 0 Å². The molecule has 0 spiro atoms. The van der Waals surface area contributed by atoms with Crippen LogP contribution in [-0.4, -0.2) is 4.57 Å². The fourth-order valence-corrected chi connectivity index (χ4v) is 2.62. The van der Waals surface area contributed by atoms with Crippen molar-refractivity contribution in [2.24, 2.45) is 41.6 Å².